The predicted octanol–water partition coefficient (Wildman–Crippen LogP) is 4.83. The van der Waals surface area contributed by atoms with Gasteiger partial charge in [-0.15, -0.1) is 11.3 Å². The number of amides is 2. The van der Waals surface area contributed by atoms with E-state index in [1.807, 2.05) is 6.07 Å². The van der Waals surface area contributed by atoms with E-state index in [1.165, 1.54) is 23.0 Å². The van der Waals surface area contributed by atoms with Crippen LogP contribution in [0.3, 0.4) is 0 Å². The van der Waals surface area contributed by atoms with Crippen LogP contribution in [0.25, 0.3) is 0 Å². The molecule has 0 spiro atoms. The Labute approximate surface area is 135 Å². The molecular weight excluding hydrogens is 330 g/mol. The number of carbonyl (C=O) groups is 1. The van der Waals surface area contributed by atoms with Crippen molar-refractivity contribution in [3.05, 3.63) is 50.7 Å². The molecular formula is C15H13ClF2N2OS. The van der Waals surface area contributed by atoms with Crippen molar-refractivity contribution in [2.24, 2.45) is 0 Å². The minimum Gasteiger partial charge on any atom is -0.320 e. The molecule has 1 aliphatic carbocycles. The lowest BCUT2D eigenvalue weighted by Gasteiger charge is -2.24. The Balaban J connectivity index is 1.73. The second kappa shape index (κ2) is 5.85. The third kappa shape index (κ3) is 2.80. The van der Waals surface area contributed by atoms with Crippen LogP contribution in [-0.4, -0.2) is 18.0 Å². The van der Waals surface area contributed by atoms with Crippen molar-refractivity contribution in [1.82, 2.24) is 4.90 Å². The van der Waals surface area contributed by atoms with Crippen molar-refractivity contribution in [2.45, 2.75) is 18.9 Å². The number of nitrogens with zero attached hydrogens (tertiary/aromatic N) is 1. The summed E-state index contributed by atoms with van der Waals surface area (Å²) in [5.41, 5.74) is 1.39. The van der Waals surface area contributed by atoms with E-state index in [0.717, 1.165) is 29.9 Å². The van der Waals surface area contributed by atoms with Gasteiger partial charge >= 0.3 is 6.03 Å². The quantitative estimate of drug-likeness (QED) is 0.832. The molecule has 1 heterocycles. The topological polar surface area (TPSA) is 32.3 Å². The van der Waals surface area contributed by atoms with E-state index in [4.69, 9.17) is 11.6 Å². The Hall–Kier alpha value is -1.66. The maximum Gasteiger partial charge on any atom is 0.322 e. The molecule has 116 valence electrons. The van der Waals surface area contributed by atoms with Gasteiger partial charge in [-0.1, -0.05) is 11.6 Å². The fourth-order valence-electron chi connectivity index (χ4n) is 2.61. The fourth-order valence-corrected chi connectivity index (χ4v) is 4.10. The number of urea groups is 1. The number of hydrogen-bond acceptors (Lipinski definition) is 2. The molecule has 22 heavy (non-hydrogen) atoms. The Bertz CT molecular complexity index is 734. The van der Waals surface area contributed by atoms with Crippen molar-refractivity contribution in [3.63, 3.8) is 0 Å². The van der Waals surface area contributed by atoms with Crippen LogP contribution in [0.2, 0.25) is 4.34 Å². The van der Waals surface area contributed by atoms with Crippen molar-refractivity contribution in [1.29, 1.82) is 0 Å². The summed E-state index contributed by atoms with van der Waals surface area (Å²) in [5, 5.41) is 2.58. The zero-order valence-corrected chi connectivity index (χ0v) is 13.3. The van der Waals surface area contributed by atoms with Gasteiger partial charge in [0.1, 0.15) is 0 Å². The van der Waals surface area contributed by atoms with Gasteiger partial charge in [-0.05, 0) is 36.6 Å². The first-order valence-electron chi connectivity index (χ1n) is 6.72. The monoisotopic (exact) mass is 342 g/mol. The van der Waals surface area contributed by atoms with E-state index in [2.05, 4.69) is 5.32 Å². The molecule has 3 nitrogen and oxygen atoms in total. The molecule has 3 rings (SSSR count). The van der Waals surface area contributed by atoms with E-state index in [-0.39, 0.29) is 17.8 Å². The minimum absolute atomic E-state index is 0.0437. The third-order valence-electron chi connectivity index (χ3n) is 3.76. The number of nitrogens with one attached hydrogen (secondary N) is 1. The summed E-state index contributed by atoms with van der Waals surface area (Å²) in [6.45, 7) is 0. The Kier molecular flexibility index (Phi) is 4.06. The maximum absolute atomic E-state index is 13.2. The van der Waals surface area contributed by atoms with Gasteiger partial charge in [-0.2, -0.15) is 0 Å². The summed E-state index contributed by atoms with van der Waals surface area (Å²) < 4.78 is 26.8. The molecule has 2 aromatic rings. The average molecular weight is 343 g/mol. The average Bonchev–Trinajstić information content (AvgIpc) is 3.01. The van der Waals surface area contributed by atoms with Gasteiger partial charge in [0.05, 0.1) is 10.4 Å². The summed E-state index contributed by atoms with van der Waals surface area (Å²) in [4.78, 5) is 14.9. The lowest BCUT2D eigenvalue weighted by atomic mass is 10.2. The van der Waals surface area contributed by atoms with Crippen molar-refractivity contribution in [3.8, 4) is 0 Å². The molecule has 0 fully saturated rings. The van der Waals surface area contributed by atoms with Crippen LogP contribution < -0.4 is 5.32 Å². The molecule has 0 radical (unpaired) electrons. The molecule has 2 amide bonds. The van der Waals surface area contributed by atoms with Crippen LogP contribution in [0.1, 0.15) is 22.9 Å². The summed E-state index contributed by atoms with van der Waals surface area (Å²) in [5.74, 6) is -1.94. The smallest absolute Gasteiger partial charge is 0.320 e. The first-order chi connectivity index (χ1) is 10.5. The van der Waals surface area contributed by atoms with Gasteiger partial charge in [0.25, 0.3) is 0 Å². The zero-order valence-electron chi connectivity index (χ0n) is 11.7. The van der Waals surface area contributed by atoms with Gasteiger partial charge in [0.15, 0.2) is 11.6 Å². The summed E-state index contributed by atoms with van der Waals surface area (Å²) >= 11 is 7.49. The van der Waals surface area contributed by atoms with Crippen molar-refractivity contribution >= 4 is 34.7 Å². The van der Waals surface area contributed by atoms with Crippen LogP contribution in [0, 0.1) is 11.6 Å². The predicted molar refractivity (Wildman–Crippen MR) is 83.5 cm³/mol. The van der Waals surface area contributed by atoms with Crippen LogP contribution in [0.5, 0.6) is 0 Å². The van der Waals surface area contributed by atoms with E-state index in [1.54, 1.807) is 11.9 Å². The highest BCUT2D eigenvalue weighted by Crippen LogP contribution is 2.42. The number of hydrogen-bond donors (Lipinski definition) is 1. The fraction of sp³-hybridized carbons (Fsp3) is 0.267. The molecule has 0 aliphatic heterocycles. The standard InChI is InChI=1S/C15H13ClF2N2OS/c1-20(12-5-2-8-6-13(16)22-14(8)12)15(21)19-9-3-4-10(17)11(18)7-9/h3-4,6-7,12H,2,5H2,1H3,(H,19,21). The van der Waals surface area contributed by atoms with Crippen LogP contribution in [-0.2, 0) is 6.42 Å². The molecule has 1 atom stereocenters. The van der Waals surface area contributed by atoms with Crippen molar-refractivity contribution < 1.29 is 13.6 Å². The molecule has 1 aromatic heterocycles. The highest BCUT2D eigenvalue weighted by molar-refractivity contribution is 7.16. The Morgan fingerprint density at radius 3 is 2.86 bits per heavy atom. The lowest BCUT2D eigenvalue weighted by molar-refractivity contribution is 0.205. The summed E-state index contributed by atoms with van der Waals surface area (Å²) in [7, 11) is 1.68. The molecule has 7 heteroatoms. The molecule has 1 aliphatic rings. The van der Waals surface area contributed by atoms with E-state index in [9.17, 15) is 13.6 Å². The summed E-state index contributed by atoms with van der Waals surface area (Å²) in [6, 6.07) is 4.79. The van der Waals surface area contributed by atoms with E-state index >= 15 is 0 Å². The molecule has 1 unspecified atom stereocenters. The van der Waals surface area contributed by atoms with Crippen LogP contribution >= 0.6 is 22.9 Å². The number of aryl methyl sites for hydroxylation is 1. The highest BCUT2D eigenvalue weighted by atomic mass is 35.5. The molecule has 0 saturated heterocycles. The summed E-state index contributed by atoms with van der Waals surface area (Å²) in [6.07, 6.45) is 1.71. The van der Waals surface area contributed by atoms with Gasteiger partial charge < -0.3 is 10.2 Å². The Morgan fingerprint density at radius 2 is 2.14 bits per heavy atom. The number of carbonyl (C=O) groups excluding carboxylic acids is 1. The minimum atomic E-state index is -0.992. The number of fused-ring (bicyclic) bond motifs is 1. The Morgan fingerprint density at radius 1 is 1.36 bits per heavy atom. The maximum atomic E-state index is 13.2. The molecule has 0 saturated carbocycles. The number of rotatable bonds is 2. The van der Waals surface area contributed by atoms with Crippen molar-refractivity contribution in [2.75, 3.05) is 12.4 Å². The number of anilines is 1. The van der Waals surface area contributed by atoms with Crippen LogP contribution in [0.15, 0.2) is 24.3 Å². The third-order valence-corrected chi connectivity index (χ3v) is 5.17. The molecule has 1 aromatic carbocycles. The van der Waals surface area contributed by atoms with Gasteiger partial charge in [0.2, 0.25) is 0 Å². The van der Waals surface area contributed by atoms with Gasteiger partial charge in [-0.3, -0.25) is 0 Å². The van der Waals surface area contributed by atoms with Gasteiger partial charge in [-0.25, -0.2) is 13.6 Å². The number of benzene rings is 1. The molecule has 1 N–H and O–H groups in total. The second-order valence-electron chi connectivity index (χ2n) is 5.16. The second-order valence-corrected chi connectivity index (χ2v) is 6.88. The molecule has 0 bridgehead atoms. The largest absolute Gasteiger partial charge is 0.322 e. The van der Waals surface area contributed by atoms with E-state index < -0.39 is 11.6 Å². The van der Waals surface area contributed by atoms with Crippen LogP contribution in [0.4, 0.5) is 19.3 Å². The first-order valence-corrected chi connectivity index (χ1v) is 7.92. The normalized spacial score (nSPS) is 16.5. The number of halogens is 3. The van der Waals surface area contributed by atoms with Gasteiger partial charge in [0, 0.05) is 23.7 Å². The SMILES string of the molecule is CN(C(=O)Nc1ccc(F)c(F)c1)C1CCc2cc(Cl)sc21. The lowest BCUT2D eigenvalue weighted by Crippen LogP contribution is -2.33. The zero-order chi connectivity index (χ0) is 15.9. The van der Waals surface area contributed by atoms with E-state index in [0.29, 0.717) is 4.34 Å². The first kappa shape index (κ1) is 15.2. The highest BCUT2D eigenvalue weighted by Gasteiger charge is 2.30. The number of thiophene rings is 1.